The van der Waals surface area contributed by atoms with Crippen LogP contribution in [0, 0.1) is 6.92 Å². The Hall–Kier alpha value is -3.11. The molecule has 10 heteroatoms. The third kappa shape index (κ3) is 5.63. The molecule has 0 saturated heterocycles. The van der Waals surface area contributed by atoms with Crippen LogP contribution in [0.25, 0.3) is 0 Å². The number of carbonyl (C=O) groups excluding carboxylic acids is 1. The number of amides is 1. The van der Waals surface area contributed by atoms with Gasteiger partial charge in [-0.15, -0.1) is 10.2 Å². The number of rotatable bonds is 7. The van der Waals surface area contributed by atoms with Gasteiger partial charge in [0.15, 0.2) is 0 Å². The average molecular weight is 499 g/mol. The number of nitrogens with zero attached hydrogens (tertiary/aromatic N) is 2. The zero-order chi connectivity index (χ0) is 23.4. The Kier molecular flexibility index (Phi) is 6.85. The fourth-order valence-electron chi connectivity index (χ4n) is 3.08. The predicted octanol–water partition coefficient (Wildman–Crippen LogP) is 4.82. The number of aryl methyl sites for hydroxylation is 1. The molecule has 1 amide bonds. The highest BCUT2D eigenvalue weighted by Crippen LogP contribution is 2.27. The molecule has 0 aliphatic carbocycles. The zero-order valence-corrected chi connectivity index (χ0v) is 19.8. The molecule has 1 aromatic heterocycles. The highest BCUT2D eigenvalue weighted by atomic mass is 35.5. The summed E-state index contributed by atoms with van der Waals surface area (Å²) in [6.07, 6.45) is 0. The number of hydrogen-bond donors (Lipinski definition) is 2. The minimum Gasteiger partial charge on any atom is -0.296 e. The van der Waals surface area contributed by atoms with Crippen molar-refractivity contribution >= 4 is 44.0 Å². The second-order valence-corrected chi connectivity index (χ2v) is 10.5. The predicted molar refractivity (Wildman–Crippen MR) is 129 cm³/mol. The Morgan fingerprint density at radius 3 is 2.21 bits per heavy atom. The molecule has 3 aromatic carbocycles. The van der Waals surface area contributed by atoms with Crippen molar-refractivity contribution < 1.29 is 13.2 Å². The van der Waals surface area contributed by atoms with Crippen LogP contribution in [-0.4, -0.2) is 24.5 Å². The largest absolute Gasteiger partial charge is 0.296 e. The Morgan fingerprint density at radius 1 is 0.909 bits per heavy atom. The molecule has 1 unspecified atom stereocenters. The standard InChI is InChI=1S/C23H19ClN4O3S2/c1-15-7-9-17(10-8-15)20(16-5-3-2-4-6-16)28-33(30,31)23-27-26-22(32-23)25-21(29)18-11-13-19(24)14-12-18/h2-14,20,28H,1H3,(H,25,26,29). The van der Waals surface area contributed by atoms with Crippen molar-refractivity contribution in [1.29, 1.82) is 0 Å². The molecule has 0 radical (unpaired) electrons. The van der Waals surface area contributed by atoms with Gasteiger partial charge in [-0.05, 0) is 42.3 Å². The minimum atomic E-state index is -4.02. The molecule has 7 nitrogen and oxygen atoms in total. The van der Waals surface area contributed by atoms with Crippen LogP contribution in [0.5, 0.6) is 0 Å². The summed E-state index contributed by atoms with van der Waals surface area (Å²) in [5.74, 6) is -0.443. The number of anilines is 1. The number of aromatic nitrogens is 2. The van der Waals surface area contributed by atoms with Crippen LogP contribution in [0.2, 0.25) is 5.02 Å². The van der Waals surface area contributed by atoms with Crippen LogP contribution in [0.15, 0.2) is 83.2 Å². The van der Waals surface area contributed by atoms with E-state index in [2.05, 4.69) is 20.2 Å². The lowest BCUT2D eigenvalue weighted by molar-refractivity contribution is 0.102. The van der Waals surface area contributed by atoms with Gasteiger partial charge >= 0.3 is 0 Å². The van der Waals surface area contributed by atoms with Crippen molar-refractivity contribution in [2.45, 2.75) is 17.3 Å². The second-order valence-electron chi connectivity index (χ2n) is 7.21. The molecule has 168 valence electrons. The van der Waals surface area contributed by atoms with Gasteiger partial charge in [-0.1, -0.05) is 83.1 Å². The van der Waals surface area contributed by atoms with Crippen LogP contribution >= 0.6 is 22.9 Å². The third-order valence-corrected chi connectivity index (χ3v) is 7.66. The van der Waals surface area contributed by atoms with Crippen molar-refractivity contribution in [3.63, 3.8) is 0 Å². The smallest absolute Gasteiger partial charge is 0.270 e. The fraction of sp³-hybridized carbons (Fsp3) is 0.0870. The number of carbonyl (C=O) groups is 1. The lowest BCUT2D eigenvalue weighted by Gasteiger charge is -2.19. The van der Waals surface area contributed by atoms with Crippen LogP contribution in [0.1, 0.15) is 33.1 Å². The maximum atomic E-state index is 13.1. The van der Waals surface area contributed by atoms with E-state index in [1.54, 1.807) is 24.3 Å². The average Bonchev–Trinajstić information content (AvgIpc) is 3.29. The molecular formula is C23H19ClN4O3S2. The molecule has 0 bridgehead atoms. The summed E-state index contributed by atoms with van der Waals surface area (Å²) in [7, 11) is -4.02. The van der Waals surface area contributed by atoms with Crippen molar-refractivity contribution in [2.24, 2.45) is 0 Å². The maximum Gasteiger partial charge on any atom is 0.270 e. The Labute approximate surface area is 200 Å². The molecule has 2 N–H and O–H groups in total. The molecule has 33 heavy (non-hydrogen) atoms. The molecule has 0 fully saturated rings. The van der Waals surface area contributed by atoms with Gasteiger partial charge in [0, 0.05) is 10.6 Å². The third-order valence-electron chi connectivity index (χ3n) is 4.78. The first-order chi connectivity index (χ1) is 15.8. The fourth-order valence-corrected chi connectivity index (χ4v) is 5.33. The number of hydrogen-bond acceptors (Lipinski definition) is 6. The summed E-state index contributed by atoms with van der Waals surface area (Å²) in [4.78, 5) is 12.4. The first kappa shape index (κ1) is 23.1. The second kappa shape index (κ2) is 9.80. The van der Waals surface area contributed by atoms with E-state index in [1.165, 1.54) is 0 Å². The Balaban J connectivity index is 1.57. The summed E-state index contributed by atoms with van der Waals surface area (Å²) in [6.45, 7) is 1.96. The quantitative estimate of drug-likeness (QED) is 0.356. The van der Waals surface area contributed by atoms with Gasteiger partial charge in [-0.25, -0.2) is 8.42 Å². The van der Waals surface area contributed by atoms with Crippen LogP contribution in [-0.2, 0) is 10.0 Å². The first-order valence-corrected chi connectivity index (χ1v) is 12.5. The topological polar surface area (TPSA) is 101 Å². The molecule has 0 aliphatic heterocycles. The summed E-state index contributed by atoms with van der Waals surface area (Å²) in [6, 6.07) is 22.6. The molecule has 4 aromatic rings. The van der Waals surface area contributed by atoms with Gasteiger partial charge in [0.1, 0.15) is 0 Å². The van der Waals surface area contributed by atoms with Crippen molar-refractivity contribution in [2.75, 3.05) is 5.32 Å². The highest BCUT2D eigenvalue weighted by molar-refractivity contribution is 7.91. The monoisotopic (exact) mass is 498 g/mol. The van der Waals surface area contributed by atoms with Gasteiger partial charge in [-0.2, -0.15) is 4.72 Å². The molecule has 4 rings (SSSR count). The molecule has 1 atom stereocenters. The number of benzene rings is 3. The zero-order valence-electron chi connectivity index (χ0n) is 17.4. The lowest BCUT2D eigenvalue weighted by Crippen LogP contribution is -2.29. The van der Waals surface area contributed by atoms with E-state index in [4.69, 9.17) is 11.6 Å². The number of nitrogens with one attached hydrogen (secondary N) is 2. The van der Waals surface area contributed by atoms with Crippen LogP contribution in [0.3, 0.4) is 0 Å². The molecular weight excluding hydrogens is 480 g/mol. The van der Waals surface area contributed by atoms with Crippen LogP contribution in [0.4, 0.5) is 5.13 Å². The van der Waals surface area contributed by atoms with Crippen molar-refractivity contribution in [3.8, 4) is 0 Å². The summed E-state index contributed by atoms with van der Waals surface area (Å²) in [5, 5.41) is 10.7. The van der Waals surface area contributed by atoms with E-state index < -0.39 is 22.0 Å². The summed E-state index contributed by atoms with van der Waals surface area (Å²) >= 11 is 6.61. The lowest BCUT2D eigenvalue weighted by atomic mass is 9.99. The van der Waals surface area contributed by atoms with Gasteiger partial charge in [0.2, 0.25) is 9.47 Å². The minimum absolute atomic E-state index is 0.0712. The van der Waals surface area contributed by atoms with E-state index in [0.29, 0.717) is 10.6 Å². The Morgan fingerprint density at radius 2 is 1.55 bits per heavy atom. The number of sulfonamides is 1. The normalized spacial score (nSPS) is 12.3. The van der Waals surface area contributed by atoms with Gasteiger partial charge in [-0.3, -0.25) is 10.1 Å². The van der Waals surface area contributed by atoms with Crippen LogP contribution < -0.4 is 10.0 Å². The van der Waals surface area contributed by atoms with Gasteiger partial charge in [0.05, 0.1) is 6.04 Å². The Bertz CT molecular complexity index is 1360. The molecule has 1 heterocycles. The summed E-state index contributed by atoms with van der Waals surface area (Å²) in [5.41, 5.74) is 3.00. The molecule has 0 spiro atoms. The number of halogens is 1. The van der Waals surface area contributed by atoms with Gasteiger partial charge < -0.3 is 0 Å². The van der Waals surface area contributed by atoms with E-state index in [0.717, 1.165) is 28.0 Å². The summed E-state index contributed by atoms with van der Waals surface area (Å²) < 4.78 is 28.7. The first-order valence-electron chi connectivity index (χ1n) is 9.86. The molecule has 0 saturated carbocycles. The van der Waals surface area contributed by atoms with E-state index >= 15 is 0 Å². The van der Waals surface area contributed by atoms with Gasteiger partial charge in [0.25, 0.3) is 15.9 Å². The van der Waals surface area contributed by atoms with Crippen molar-refractivity contribution in [1.82, 2.24) is 14.9 Å². The SMILES string of the molecule is Cc1ccc(C(NS(=O)(=O)c2nnc(NC(=O)c3ccc(Cl)cc3)s2)c2ccccc2)cc1. The maximum absolute atomic E-state index is 13.1. The van der Waals surface area contributed by atoms with E-state index in [9.17, 15) is 13.2 Å². The van der Waals surface area contributed by atoms with Crippen molar-refractivity contribution in [3.05, 3.63) is 106 Å². The van der Waals surface area contributed by atoms with E-state index in [-0.39, 0.29) is 9.47 Å². The molecule has 0 aliphatic rings. The highest BCUT2D eigenvalue weighted by Gasteiger charge is 2.27. The van der Waals surface area contributed by atoms with E-state index in [1.807, 2.05) is 61.5 Å².